The van der Waals surface area contributed by atoms with Gasteiger partial charge in [0.05, 0.1) is 10.7 Å². The number of fused-ring (bicyclic) bond motifs is 2. The molecule has 1 aromatic rings. The Kier molecular flexibility index (Phi) is 3.02. The number of halogens is 2. The van der Waals surface area contributed by atoms with Crippen molar-refractivity contribution in [3.63, 3.8) is 0 Å². The molecule has 0 aromatic heterocycles. The molecule has 0 N–H and O–H groups in total. The molecule has 0 aliphatic carbocycles. The summed E-state index contributed by atoms with van der Waals surface area (Å²) >= 11 is 5.85. The maximum Gasteiger partial charge on any atom is 0.165 e. The van der Waals surface area contributed by atoms with Crippen LogP contribution in [0.15, 0.2) is 18.2 Å². The van der Waals surface area contributed by atoms with Crippen LogP contribution < -0.4 is 4.90 Å². The van der Waals surface area contributed by atoms with Crippen LogP contribution in [0.5, 0.6) is 0 Å². The molecule has 0 radical (unpaired) electrons. The van der Waals surface area contributed by atoms with E-state index >= 15 is 0 Å². The number of rotatable bonds is 1. The molecule has 2 fully saturated rings. The van der Waals surface area contributed by atoms with Gasteiger partial charge in [0.1, 0.15) is 5.78 Å². The molecule has 0 spiro atoms. The summed E-state index contributed by atoms with van der Waals surface area (Å²) in [5.41, 5.74) is 0.560. The van der Waals surface area contributed by atoms with Crippen molar-refractivity contribution in [2.75, 3.05) is 4.90 Å². The van der Waals surface area contributed by atoms with Crippen LogP contribution in [0.2, 0.25) is 5.02 Å². The van der Waals surface area contributed by atoms with Gasteiger partial charge in [-0.25, -0.2) is 4.39 Å². The van der Waals surface area contributed by atoms with Crippen molar-refractivity contribution in [2.45, 2.75) is 44.2 Å². The molecule has 2 bridgehead atoms. The van der Waals surface area contributed by atoms with Gasteiger partial charge in [-0.3, -0.25) is 4.79 Å². The standard InChI is InChI=1S/C14H15ClFNO/c15-12-5-2-6-13(14(12)16)17-9-3-1-4-10(17)8-11(18)7-9/h2,5-6,9-10H,1,3-4,7-8H2. The SMILES string of the molecule is O=C1CC2CCCC(C1)N2c1cccc(Cl)c1F. The summed E-state index contributed by atoms with van der Waals surface area (Å²) < 4.78 is 14.1. The number of Topliss-reactive ketones (excluding diaryl/α,β-unsaturated/α-hetero) is 1. The molecule has 2 atom stereocenters. The second-order valence-electron chi connectivity index (χ2n) is 5.17. The van der Waals surface area contributed by atoms with Crippen LogP contribution in [0.25, 0.3) is 0 Å². The summed E-state index contributed by atoms with van der Waals surface area (Å²) in [5, 5.41) is 0.155. The number of anilines is 1. The average molecular weight is 268 g/mol. The van der Waals surface area contributed by atoms with Gasteiger partial charge in [-0.05, 0) is 31.4 Å². The normalized spacial score (nSPS) is 27.4. The van der Waals surface area contributed by atoms with Crippen LogP contribution in [-0.2, 0) is 4.79 Å². The topological polar surface area (TPSA) is 20.3 Å². The number of nitrogens with zero attached hydrogens (tertiary/aromatic N) is 1. The van der Waals surface area contributed by atoms with Crippen LogP contribution in [-0.4, -0.2) is 17.9 Å². The van der Waals surface area contributed by atoms with E-state index in [9.17, 15) is 9.18 Å². The van der Waals surface area contributed by atoms with Gasteiger partial charge in [-0.1, -0.05) is 17.7 Å². The third-order valence-electron chi connectivity index (χ3n) is 4.00. The van der Waals surface area contributed by atoms with E-state index in [1.807, 2.05) is 0 Å². The summed E-state index contributed by atoms with van der Waals surface area (Å²) in [6.07, 6.45) is 4.15. The molecule has 2 nitrogen and oxygen atoms in total. The maximum atomic E-state index is 14.1. The molecule has 2 saturated heterocycles. The lowest BCUT2D eigenvalue weighted by molar-refractivity contribution is -0.121. The van der Waals surface area contributed by atoms with E-state index in [1.54, 1.807) is 18.2 Å². The summed E-state index contributed by atoms with van der Waals surface area (Å²) in [6, 6.07) is 5.40. The Morgan fingerprint density at radius 2 is 1.89 bits per heavy atom. The molecule has 18 heavy (non-hydrogen) atoms. The van der Waals surface area contributed by atoms with Gasteiger partial charge in [0.25, 0.3) is 0 Å². The van der Waals surface area contributed by atoms with Crippen LogP contribution in [0.3, 0.4) is 0 Å². The van der Waals surface area contributed by atoms with Crippen molar-refractivity contribution in [3.8, 4) is 0 Å². The van der Waals surface area contributed by atoms with Gasteiger partial charge in [-0.2, -0.15) is 0 Å². The van der Waals surface area contributed by atoms with Crippen molar-refractivity contribution in [1.82, 2.24) is 0 Å². The molecule has 2 aliphatic heterocycles. The van der Waals surface area contributed by atoms with Gasteiger partial charge in [0.2, 0.25) is 0 Å². The lowest BCUT2D eigenvalue weighted by atomic mass is 9.83. The summed E-state index contributed by atoms with van der Waals surface area (Å²) in [7, 11) is 0. The van der Waals surface area contributed by atoms with Crippen molar-refractivity contribution < 1.29 is 9.18 Å². The highest BCUT2D eigenvalue weighted by Gasteiger charge is 2.38. The summed E-state index contributed by atoms with van der Waals surface area (Å²) in [5.74, 6) is -0.0474. The molecule has 96 valence electrons. The Balaban J connectivity index is 2.00. The van der Waals surface area contributed by atoms with Gasteiger partial charge < -0.3 is 4.90 Å². The third kappa shape index (κ3) is 1.91. The van der Waals surface area contributed by atoms with Crippen LogP contribution in [0.1, 0.15) is 32.1 Å². The van der Waals surface area contributed by atoms with E-state index in [1.165, 1.54) is 0 Å². The van der Waals surface area contributed by atoms with Crippen LogP contribution >= 0.6 is 11.6 Å². The third-order valence-corrected chi connectivity index (χ3v) is 4.29. The second-order valence-corrected chi connectivity index (χ2v) is 5.57. The van der Waals surface area contributed by atoms with Gasteiger partial charge in [0.15, 0.2) is 5.82 Å². The minimum Gasteiger partial charge on any atom is -0.362 e. The zero-order valence-corrected chi connectivity index (χ0v) is 10.8. The zero-order chi connectivity index (χ0) is 12.7. The zero-order valence-electron chi connectivity index (χ0n) is 10.0. The van der Waals surface area contributed by atoms with Crippen molar-refractivity contribution in [2.24, 2.45) is 0 Å². The van der Waals surface area contributed by atoms with Crippen molar-refractivity contribution in [1.29, 1.82) is 0 Å². The fraction of sp³-hybridized carbons (Fsp3) is 0.500. The number of carbonyl (C=O) groups is 1. The Morgan fingerprint density at radius 3 is 2.56 bits per heavy atom. The van der Waals surface area contributed by atoms with E-state index in [2.05, 4.69) is 4.90 Å². The molecule has 4 heteroatoms. The Bertz CT molecular complexity index is 475. The van der Waals surface area contributed by atoms with Gasteiger partial charge in [0, 0.05) is 24.9 Å². The Morgan fingerprint density at radius 1 is 1.22 bits per heavy atom. The molecular formula is C14H15ClFNO. The minimum atomic E-state index is -0.356. The van der Waals surface area contributed by atoms with E-state index in [0.717, 1.165) is 19.3 Å². The highest BCUT2D eigenvalue weighted by Crippen LogP contribution is 2.38. The van der Waals surface area contributed by atoms with Gasteiger partial charge >= 0.3 is 0 Å². The smallest absolute Gasteiger partial charge is 0.165 e. The molecule has 3 rings (SSSR count). The van der Waals surface area contributed by atoms with Crippen molar-refractivity contribution >= 4 is 23.1 Å². The van der Waals surface area contributed by atoms with Crippen LogP contribution in [0.4, 0.5) is 10.1 Å². The van der Waals surface area contributed by atoms with E-state index in [4.69, 9.17) is 11.6 Å². The first-order valence-corrected chi connectivity index (χ1v) is 6.78. The first-order valence-electron chi connectivity index (χ1n) is 6.41. The highest BCUT2D eigenvalue weighted by molar-refractivity contribution is 6.31. The number of hydrogen-bond acceptors (Lipinski definition) is 2. The lowest BCUT2D eigenvalue weighted by Gasteiger charge is -2.47. The summed E-state index contributed by atoms with van der Waals surface area (Å²) in [4.78, 5) is 13.7. The van der Waals surface area contributed by atoms with Crippen LogP contribution in [0, 0.1) is 5.82 Å². The molecule has 0 saturated carbocycles. The Hall–Kier alpha value is -1.09. The average Bonchev–Trinajstić information content (AvgIpc) is 2.32. The minimum absolute atomic E-state index is 0.151. The largest absolute Gasteiger partial charge is 0.362 e. The summed E-state index contributed by atoms with van der Waals surface area (Å²) in [6.45, 7) is 0. The number of piperidine rings is 2. The van der Waals surface area contributed by atoms with E-state index in [-0.39, 0.29) is 22.9 Å². The number of ketones is 1. The second kappa shape index (κ2) is 4.54. The first-order chi connectivity index (χ1) is 8.66. The fourth-order valence-electron chi connectivity index (χ4n) is 3.26. The van der Waals surface area contributed by atoms with E-state index in [0.29, 0.717) is 24.3 Å². The molecule has 2 aliphatic rings. The maximum absolute atomic E-state index is 14.1. The number of benzene rings is 1. The van der Waals surface area contributed by atoms with Gasteiger partial charge in [-0.15, -0.1) is 0 Å². The monoisotopic (exact) mass is 267 g/mol. The molecule has 2 unspecified atom stereocenters. The fourth-order valence-corrected chi connectivity index (χ4v) is 3.43. The quantitative estimate of drug-likeness (QED) is 0.775. The number of hydrogen-bond donors (Lipinski definition) is 0. The first kappa shape index (κ1) is 12.0. The molecule has 1 aromatic carbocycles. The molecular weight excluding hydrogens is 253 g/mol. The Labute approximate surface area is 111 Å². The predicted molar refractivity (Wildman–Crippen MR) is 69.6 cm³/mol. The molecule has 0 amide bonds. The molecule has 2 heterocycles. The van der Waals surface area contributed by atoms with E-state index < -0.39 is 0 Å². The number of carbonyl (C=O) groups excluding carboxylic acids is 1. The highest BCUT2D eigenvalue weighted by atomic mass is 35.5. The predicted octanol–water partition coefficient (Wildman–Crippen LogP) is 3.57. The van der Waals surface area contributed by atoms with Crippen molar-refractivity contribution in [3.05, 3.63) is 29.0 Å². The lowest BCUT2D eigenvalue weighted by Crippen LogP contribution is -2.52.